The van der Waals surface area contributed by atoms with E-state index < -0.39 is 6.10 Å². The molecule has 1 aromatic heterocycles. The molecule has 1 unspecified atom stereocenters. The van der Waals surface area contributed by atoms with Gasteiger partial charge >= 0.3 is 0 Å². The Morgan fingerprint density at radius 2 is 2.43 bits per heavy atom. The summed E-state index contributed by atoms with van der Waals surface area (Å²) >= 11 is 0. The summed E-state index contributed by atoms with van der Waals surface area (Å²) in [5.41, 5.74) is 0. The van der Waals surface area contributed by atoms with Crippen LogP contribution in [0.1, 0.15) is 17.9 Å². The molecular weight excluding hydrogens is 182 g/mol. The summed E-state index contributed by atoms with van der Waals surface area (Å²) in [6.07, 6.45) is -0.279. The molecule has 4 nitrogen and oxygen atoms in total. The molecule has 0 aromatic carbocycles. The molecule has 1 amide bonds. The third-order valence-corrected chi connectivity index (χ3v) is 2.34. The Bertz CT molecular complexity index is 345. The van der Waals surface area contributed by atoms with Crippen LogP contribution in [0.15, 0.2) is 16.5 Å². The zero-order valence-corrected chi connectivity index (χ0v) is 8.06. The van der Waals surface area contributed by atoms with E-state index in [0.717, 1.165) is 11.5 Å². The second-order valence-corrected chi connectivity index (χ2v) is 3.64. The van der Waals surface area contributed by atoms with Crippen molar-refractivity contribution in [3.63, 3.8) is 0 Å². The zero-order chi connectivity index (χ0) is 10.1. The smallest absolute Gasteiger partial charge is 0.225 e. The van der Waals surface area contributed by atoms with Gasteiger partial charge in [-0.15, -0.1) is 0 Å². The quantitative estimate of drug-likeness (QED) is 0.755. The molecule has 0 saturated carbocycles. The largest absolute Gasteiger partial charge is 0.464 e. The van der Waals surface area contributed by atoms with Gasteiger partial charge in [-0.2, -0.15) is 0 Å². The van der Waals surface area contributed by atoms with Crippen LogP contribution in [-0.4, -0.2) is 28.6 Å². The Kier molecular flexibility index (Phi) is 2.29. The van der Waals surface area contributed by atoms with Crippen molar-refractivity contribution in [2.45, 2.75) is 26.0 Å². The van der Waals surface area contributed by atoms with E-state index in [2.05, 4.69) is 0 Å². The van der Waals surface area contributed by atoms with E-state index in [9.17, 15) is 9.90 Å². The van der Waals surface area contributed by atoms with Gasteiger partial charge in [0.05, 0.1) is 19.1 Å². The molecule has 0 bridgehead atoms. The minimum Gasteiger partial charge on any atom is -0.464 e. The van der Waals surface area contributed by atoms with Gasteiger partial charge < -0.3 is 14.4 Å². The number of furan rings is 1. The summed E-state index contributed by atoms with van der Waals surface area (Å²) < 4.78 is 5.35. The first kappa shape index (κ1) is 9.27. The lowest BCUT2D eigenvalue weighted by molar-refractivity contribution is -0.128. The van der Waals surface area contributed by atoms with Crippen LogP contribution in [-0.2, 0) is 11.3 Å². The maximum atomic E-state index is 11.3. The minimum atomic E-state index is -0.515. The minimum absolute atomic E-state index is 0.00782. The summed E-state index contributed by atoms with van der Waals surface area (Å²) in [6, 6.07) is 3.72. The Morgan fingerprint density at radius 3 is 2.93 bits per heavy atom. The van der Waals surface area contributed by atoms with Gasteiger partial charge in [0.15, 0.2) is 0 Å². The van der Waals surface area contributed by atoms with Gasteiger partial charge in [-0.25, -0.2) is 0 Å². The molecule has 1 saturated heterocycles. The number of β-amino-alcohol motifs (C(OH)–C–C–N with tert-alkyl or cyclic N) is 1. The molecule has 2 heterocycles. The molecule has 76 valence electrons. The number of aliphatic hydroxyl groups excluding tert-OH is 1. The molecular formula is C10H13NO3. The van der Waals surface area contributed by atoms with Crippen LogP contribution in [0.2, 0.25) is 0 Å². The van der Waals surface area contributed by atoms with Gasteiger partial charge in [0.2, 0.25) is 5.91 Å². The molecule has 4 heteroatoms. The standard InChI is InChI=1S/C10H13NO3/c1-7-2-3-9(14-7)6-11-5-8(12)4-10(11)13/h2-3,8,12H,4-6H2,1H3. The highest BCUT2D eigenvalue weighted by atomic mass is 16.3. The Balaban J connectivity index is 2.01. The zero-order valence-electron chi connectivity index (χ0n) is 8.06. The van der Waals surface area contributed by atoms with E-state index >= 15 is 0 Å². The van der Waals surface area contributed by atoms with Gasteiger partial charge in [0.25, 0.3) is 0 Å². The highest BCUT2D eigenvalue weighted by Crippen LogP contribution is 2.16. The van der Waals surface area contributed by atoms with Crippen LogP contribution < -0.4 is 0 Å². The van der Waals surface area contributed by atoms with Crippen LogP contribution >= 0.6 is 0 Å². The maximum absolute atomic E-state index is 11.3. The van der Waals surface area contributed by atoms with Crippen molar-refractivity contribution in [1.82, 2.24) is 4.90 Å². The van der Waals surface area contributed by atoms with Crippen molar-refractivity contribution >= 4 is 5.91 Å². The molecule has 14 heavy (non-hydrogen) atoms. The lowest BCUT2D eigenvalue weighted by Gasteiger charge is -2.13. The summed E-state index contributed by atoms with van der Waals surface area (Å²) in [6.45, 7) is 2.74. The third-order valence-electron chi connectivity index (χ3n) is 2.34. The predicted molar refractivity (Wildman–Crippen MR) is 49.5 cm³/mol. The summed E-state index contributed by atoms with van der Waals surface area (Å²) in [4.78, 5) is 12.9. The highest BCUT2D eigenvalue weighted by Gasteiger charge is 2.28. The molecule has 1 fully saturated rings. The lowest BCUT2D eigenvalue weighted by Crippen LogP contribution is -2.24. The van der Waals surface area contributed by atoms with E-state index in [0.29, 0.717) is 13.1 Å². The fraction of sp³-hybridized carbons (Fsp3) is 0.500. The van der Waals surface area contributed by atoms with Crippen molar-refractivity contribution < 1.29 is 14.3 Å². The van der Waals surface area contributed by atoms with Gasteiger partial charge in [0.1, 0.15) is 11.5 Å². The fourth-order valence-electron chi connectivity index (χ4n) is 1.66. The SMILES string of the molecule is Cc1ccc(CN2CC(O)CC2=O)o1. The van der Waals surface area contributed by atoms with E-state index in [1.807, 2.05) is 19.1 Å². The summed E-state index contributed by atoms with van der Waals surface area (Å²) in [5.74, 6) is 1.60. The Labute approximate surface area is 82.1 Å². The fourth-order valence-corrected chi connectivity index (χ4v) is 1.66. The first-order valence-electron chi connectivity index (χ1n) is 4.66. The van der Waals surface area contributed by atoms with Crippen LogP contribution in [0, 0.1) is 6.92 Å². The van der Waals surface area contributed by atoms with Crippen molar-refractivity contribution in [2.75, 3.05) is 6.54 Å². The van der Waals surface area contributed by atoms with E-state index in [-0.39, 0.29) is 12.3 Å². The number of nitrogens with zero attached hydrogens (tertiary/aromatic N) is 1. The van der Waals surface area contributed by atoms with E-state index in [1.165, 1.54) is 0 Å². The number of carbonyl (C=O) groups excluding carboxylic acids is 1. The average Bonchev–Trinajstić information content (AvgIpc) is 2.61. The summed E-state index contributed by atoms with van der Waals surface area (Å²) in [7, 11) is 0. The van der Waals surface area contributed by atoms with Gasteiger partial charge in [-0.05, 0) is 19.1 Å². The third kappa shape index (κ3) is 1.80. The van der Waals surface area contributed by atoms with Crippen LogP contribution in [0.4, 0.5) is 0 Å². The second-order valence-electron chi connectivity index (χ2n) is 3.64. The Hall–Kier alpha value is -1.29. The normalized spacial score (nSPS) is 22.0. The topological polar surface area (TPSA) is 53.7 Å². The molecule has 1 atom stereocenters. The van der Waals surface area contributed by atoms with Gasteiger partial charge in [-0.1, -0.05) is 0 Å². The molecule has 0 spiro atoms. The molecule has 0 radical (unpaired) electrons. The molecule has 2 rings (SSSR count). The number of hydrogen-bond donors (Lipinski definition) is 1. The first-order chi connectivity index (χ1) is 6.65. The molecule has 1 aromatic rings. The van der Waals surface area contributed by atoms with Crippen molar-refractivity contribution in [2.24, 2.45) is 0 Å². The monoisotopic (exact) mass is 195 g/mol. The number of aryl methyl sites for hydroxylation is 1. The van der Waals surface area contributed by atoms with Gasteiger partial charge in [0, 0.05) is 6.54 Å². The van der Waals surface area contributed by atoms with Crippen LogP contribution in [0.5, 0.6) is 0 Å². The van der Waals surface area contributed by atoms with Gasteiger partial charge in [-0.3, -0.25) is 4.79 Å². The number of aliphatic hydroxyl groups is 1. The predicted octanol–water partition coefficient (Wildman–Crippen LogP) is 0.681. The van der Waals surface area contributed by atoms with Crippen molar-refractivity contribution in [3.8, 4) is 0 Å². The number of amides is 1. The number of rotatable bonds is 2. The maximum Gasteiger partial charge on any atom is 0.225 e. The molecule has 1 N–H and O–H groups in total. The summed E-state index contributed by atoms with van der Waals surface area (Å²) in [5, 5.41) is 9.26. The highest BCUT2D eigenvalue weighted by molar-refractivity contribution is 5.78. The number of hydrogen-bond acceptors (Lipinski definition) is 3. The Morgan fingerprint density at radius 1 is 1.64 bits per heavy atom. The van der Waals surface area contributed by atoms with Crippen LogP contribution in [0.25, 0.3) is 0 Å². The first-order valence-corrected chi connectivity index (χ1v) is 4.66. The van der Waals surface area contributed by atoms with Crippen LogP contribution in [0.3, 0.4) is 0 Å². The number of carbonyl (C=O) groups is 1. The van der Waals surface area contributed by atoms with Crippen molar-refractivity contribution in [3.05, 3.63) is 23.7 Å². The lowest BCUT2D eigenvalue weighted by atomic mass is 10.3. The molecule has 1 aliphatic heterocycles. The molecule has 0 aliphatic carbocycles. The number of likely N-dealkylation sites (tertiary alicyclic amines) is 1. The van der Waals surface area contributed by atoms with E-state index in [1.54, 1.807) is 4.90 Å². The average molecular weight is 195 g/mol. The second kappa shape index (κ2) is 3.46. The van der Waals surface area contributed by atoms with E-state index in [4.69, 9.17) is 4.42 Å². The molecule has 1 aliphatic rings. The van der Waals surface area contributed by atoms with Crippen molar-refractivity contribution in [1.29, 1.82) is 0 Å².